The number of thiazole rings is 1. The Morgan fingerprint density at radius 2 is 1.92 bits per heavy atom. The van der Waals surface area contributed by atoms with E-state index in [4.69, 9.17) is 42.5 Å². The van der Waals surface area contributed by atoms with Crippen molar-refractivity contribution in [2.45, 2.75) is 39.4 Å². The molecule has 8 nitrogen and oxygen atoms in total. The van der Waals surface area contributed by atoms with E-state index < -0.39 is 11.9 Å². The molecule has 0 saturated carbocycles. The summed E-state index contributed by atoms with van der Waals surface area (Å²) in [6.45, 7) is 4.58. The number of rotatable bonds is 12. The summed E-state index contributed by atoms with van der Waals surface area (Å²) in [5, 5.41) is 14.3. The lowest BCUT2D eigenvalue weighted by molar-refractivity contribution is -0.135. The average molecular weight is 580 g/mol. The fourth-order valence-corrected chi connectivity index (χ4v) is 4.98. The standard InChI is InChI=1S/C27H28Cl2N2O6S/c1-5-7-15(2)37-13-16-8-6-9-18(24(16)36-4)22-14-38-27(30-22)31-25(32)17-10-20(28)19(21(29)11-17)12-23(35-3)26(33)34/h6,8-12,14-15H,5,7,13H2,1-4H3,(H,33,34)(H,30,31,32). The van der Waals surface area contributed by atoms with Gasteiger partial charge in [0.25, 0.3) is 5.91 Å². The van der Waals surface area contributed by atoms with E-state index in [1.807, 2.05) is 30.5 Å². The number of hydrogen-bond donors (Lipinski definition) is 2. The first-order chi connectivity index (χ1) is 18.2. The first-order valence-electron chi connectivity index (χ1n) is 11.7. The Morgan fingerprint density at radius 3 is 2.53 bits per heavy atom. The average Bonchev–Trinajstić information content (AvgIpc) is 3.34. The molecule has 0 radical (unpaired) electrons. The summed E-state index contributed by atoms with van der Waals surface area (Å²) in [6.07, 6.45) is 3.35. The normalized spacial score (nSPS) is 12.2. The van der Waals surface area contributed by atoms with E-state index in [1.54, 1.807) is 7.11 Å². The van der Waals surface area contributed by atoms with Crippen LogP contribution in [0.4, 0.5) is 5.13 Å². The molecular formula is C27H28Cl2N2O6S. The maximum Gasteiger partial charge on any atom is 0.371 e. The predicted molar refractivity (Wildman–Crippen MR) is 150 cm³/mol. The highest BCUT2D eigenvalue weighted by molar-refractivity contribution is 7.14. The molecule has 0 aliphatic carbocycles. The van der Waals surface area contributed by atoms with Crippen molar-refractivity contribution in [2.24, 2.45) is 0 Å². The van der Waals surface area contributed by atoms with Gasteiger partial charge in [0.05, 0.1) is 42.7 Å². The van der Waals surface area contributed by atoms with E-state index in [9.17, 15) is 9.59 Å². The third kappa shape index (κ3) is 7.26. The highest BCUT2D eigenvalue weighted by atomic mass is 35.5. The van der Waals surface area contributed by atoms with Crippen LogP contribution in [-0.2, 0) is 20.9 Å². The molecule has 2 aromatic carbocycles. The van der Waals surface area contributed by atoms with Gasteiger partial charge in [-0.25, -0.2) is 9.78 Å². The molecule has 1 atom stereocenters. The van der Waals surface area contributed by atoms with Crippen molar-refractivity contribution in [3.63, 3.8) is 0 Å². The Kier molecular flexibility index (Phi) is 10.6. The molecule has 3 rings (SSSR count). The number of aromatic nitrogens is 1. The summed E-state index contributed by atoms with van der Waals surface area (Å²) < 4.78 is 16.5. The molecule has 0 bridgehead atoms. The lowest BCUT2D eigenvalue weighted by Crippen LogP contribution is -2.12. The summed E-state index contributed by atoms with van der Waals surface area (Å²) in [7, 11) is 2.82. The van der Waals surface area contributed by atoms with Crippen LogP contribution in [0.2, 0.25) is 10.0 Å². The fourth-order valence-electron chi connectivity index (χ4n) is 3.68. The van der Waals surface area contributed by atoms with E-state index in [1.165, 1.54) is 36.7 Å². The van der Waals surface area contributed by atoms with E-state index in [0.717, 1.165) is 24.0 Å². The molecule has 0 spiro atoms. The molecule has 202 valence electrons. The number of carboxylic acid groups (broad SMARTS) is 1. The third-order valence-corrected chi connectivity index (χ3v) is 6.95. The molecule has 3 aromatic rings. The molecule has 0 fully saturated rings. The second kappa shape index (κ2) is 13.6. The van der Waals surface area contributed by atoms with Gasteiger partial charge in [0.2, 0.25) is 5.76 Å². The zero-order valence-corrected chi connectivity index (χ0v) is 23.7. The number of nitrogens with one attached hydrogen (secondary N) is 1. The van der Waals surface area contributed by atoms with Gasteiger partial charge < -0.3 is 19.3 Å². The maximum absolute atomic E-state index is 12.9. The number of methoxy groups -OCH3 is 2. The molecule has 1 amide bonds. The van der Waals surface area contributed by atoms with Crippen LogP contribution in [-0.4, -0.2) is 42.3 Å². The van der Waals surface area contributed by atoms with Crippen molar-refractivity contribution in [3.8, 4) is 17.0 Å². The predicted octanol–water partition coefficient (Wildman–Crippen LogP) is 7.15. The molecule has 1 unspecified atom stereocenters. The summed E-state index contributed by atoms with van der Waals surface area (Å²) in [6, 6.07) is 8.55. The summed E-state index contributed by atoms with van der Waals surface area (Å²) in [5.41, 5.74) is 2.73. The van der Waals surface area contributed by atoms with E-state index in [2.05, 4.69) is 17.2 Å². The lowest BCUT2D eigenvalue weighted by Gasteiger charge is -2.16. The monoisotopic (exact) mass is 578 g/mol. The van der Waals surface area contributed by atoms with E-state index >= 15 is 0 Å². The summed E-state index contributed by atoms with van der Waals surface area (Å²) >= 11 is 13.8. The smallest absolute Gasteiger partial charge is 0.371 e. The second-order valence-electron chi connectivity index (χ2n) is 8.27. The van der Waals surface area contributed by atoms with Crippen LogP contribution in [0.1, 0.15) is 48.2 Å². The van der Waals surface area contributed by atoms with E-state index in [0.29, 0.717) is 23.2 Å². The Labute approximate surface area is 235 Å². The van der Waals surface area contributed by atoms with Crippen molar-refractivity contribution in [3.05, 3.63) is 68.2 Å². The highest BCUT2D eigenvalue weighted by Gasteiger charge is 2.18. The van der Waals surface area contributed by atoms with Gasteiger partial charge in [-0.2, -0.15) is 0 Å². The van der Waals surface area contributed by atoms with Gasteiger partial charge in [-0.3, -0.25) is 10.1 Å². The minimum absolute atomic E-state index is 0.0929. The molecule has 0 aliphatic rings. The molecule has 11 heteroatoms. The first-order valence-corrected chi connectivity index (χ1v) is 13.3. The number of carboxylic acids is 1. The third-order valence-electron chi connectivity index (χ3n) is 5.57. The van der Waals surface area contributed by atoms with Crippen LogP contribution in [0.15, 0.2) is 41.5 Å². The van der Waals surface area contributed by atoms with Gasteiger partial charge in [-0.05, 0) is 37.6 Å². The number of hydrogen-bond acceptors (Lipinski definition) is 7. The van der Waals surface area contributed by atoms with Gasteiger partial charge in [0.15, 0.2) is 5.13 Å². The largest absolute Gasteiger partial charge is 0.496 e. The molecule has 1 heterocycles. The minimum Gasteiger partial charge on any atom is -0.496 e. The van der Waals surface area contributed by atoms with Crippen LogP contribution < -0.4 is 10.1 Å². The summed E-state index contributed by atoms with van der Waals surface area (Å²) in [5.74, 6) is -1.43. The van der Waals surface area contributed by atoms with Crippen LogP contribution in [0.3, 0.4) is 0 Å². The number of benzene rings is 2. The van der Waals surface area contributed by atoms with Crippen molar-refractivity contribution >= 4 is 57.6 Å². The number of halogens is 2. The topological polar surface area (TPSA) is 107 Å². The van der Waals surface area contributed by atoms with Crippen LogP contribution >= 0.6 is 34.5 Å². The number of aliphatic carboxylic acids is 1. The number of carbonyl (C=O) groups excluding carboxylic acids is 1. The number of amides is 1. The Morgan fingerprint density at radius 1 is 1.21 bits per heavy atom. The van der Waals surface area contributed by atoms with Gasteiger partial charge in [-0.15, -0.1) is 11.3 Å². The second-order valence-corrected chi connectivity index (χ2v) is 9.94. The highest BCUT2D eigenvalue weighted by Crippen LogP contribution is 2.36. The van der Waals surface area contributed by atoms with Crippen LogP contribution in [0, 0.1) is 0 Å². The summed E-state index contributed by atoms with van der Waals surface area (Å²) in [4.78, 5) is 28.7. The number of anilines is 1. The van der Waals surface area contributed by atoms with E-state index in [-0.39, 0.29) is 33.0 Å². The van der Waals surface area contributed by atoms with Crippen molar-refractivity contribution in [1.29, 1.82) is 0 Å². The van der Waals surface area contributed by atoms with Gasteiger partial charge in [-0.1, -0.05) is 48.7 Å². The minimum atomic E-state index is -1.28. The molecule has 2 N–H and O–H groups in total. The van der Waals surface area contributed by atoms with Crippen molar-refractivity contribution < 1.29 is 28.9 Å². The van der Waals surface area contributed by atoms with Crippen molar-refractivity contribution in [1.82, 2.24) is 4.98 Å². The van der Waals surface area contributed by atoms with Gasteiger partial charge in [0.1, 0.15) is 5.75 Å². The zero-order chi connectivity index (χ0) is 27.8. The number of nitrogens with zero attached hydrogens (tertiary/aromatic N) is 1. The Bertz CT molecular complexity index is 1320. The Hall–Kier alpha value is -3.11. The lowest BCUT2D eigenvalue weighted by atomic mass is 10.1. The molecule has 38 heavy (non-hydrogen) atoms. The quantitative estimate of drug-likeness (QED) is 0.173. The SMILES string of the molecule is CCCC(C)OCc1cccc(-c2csc(NC(=O)c3cc(Cl)c(C=C(OC)C(=O)O)c(Cl)c3)n2)c1OC. The molecule has 0 aliphatic heterocycles. The number of para-hydroxylation sites is 1. The van der Waals surface area contributed by atoms with Crippen molar-refractivity contribution in [2.75, 3.05) is 19.5 Å². The first kappa shape index (κ1) is 29.4. The maximum atomic E-state index is 12.9. The fraction of sp³-hybridized carbons (Fsp3) is 0.296. The molecular weight excluding hydrogens is 551 g/mol. The van der Waals surface area contributed by atoms with Gasteiger partial charge in [0, 0.05) is 27.6 Å². The number of carbonyl (C=O) groups is 2. The van der Waals surface area contributed by atoms with Crippen LogP contribution in [0.25, 0.3) is 17.3 Å². The van der Waals surface area contributed by atoms with Crippen LogP contribution in [0.5, 0.6) is 5.75 Å². The molecule has 0 saturated heterocycles. The molecule has 1 aromatic heterocycles. The van der Waals surface area contributed by atoms with Gasteiger partial charge >= 0.3 is 5.97 Å². The zero-order valence-electron chi connectivity index (χ0n) is 21.3. The number of ether oxygens (including phenoxy) is 3. The Balaban J connectivity index is 1.80.